The molecule has 0 aliphatic heterocycles. The van der Waals surface area contributed by atoms with Gasteiger partial charge in [-0.2, -0.15) is 0 Å². The summed E-state index contributed by atoms with van der Waals surface area (Å²) in [6.07, 6.45) is 7.33. The Morgan fingerprint density at radius 1 is 1.04 bits per heavy atom. The van der Waals surface area contributed by atoms with Crippen LogP contribution >= 0.6 is 0 Å². The van der Waals surface area contributed by atoms with Crippen LogP contribution in [0.2, 0.25) is 0 Å². The molecule has 0 radical (unpaired) electrons. The Balaban J connectivity index is 2.06. The molecule has 1 unspecified atom stereocenters. The van der Waals surface area contributed by atoms with Gasteiger partial charge in [0.2, 0.25) is 11.8 Å². The van der Waals surface area contributed by atoms with Crippen LogP contribution in [0.4, 0.5) is 0 Å². The monoisotopic (exact) mass is 330 g/mol. The third kappa shape index (κ3) is 5.99. The van der Waals surface area contributed by atoms with E-state index in [1.54, 1.807) is 0 Å². The molecule has 1 aliphatic carbocycles. The molecule has 1 atom stereocenters. The van der Waals surface area contributed by atoms with Gasteiger partial charge in [0.15, 0.2) is 0 Å². The van der Waals surface area contributed by atoms with Gasteiger partial charge in [-0.05, 0) is 24.3 Å². The van der Waals surface area contributed by atoms with Crippen molar-refractivity contribution < 1.29 is 9.59 Å². The number of hydrogen-bond donors (Lipinski definition) is 2. The van der Waals surface area contributed by atoms with Crippen LogP contribution in [0.15, 0.2) is 30.3 Å². The zero-order chi connectivity index (χ0) is 17.4. The molecule has 4 heteroatoms. The first-order valence-corrected chi connectivity index (χ1v) is 9.21. The van der Waals surface area contributed by atoms with Crippen LogP contribution in [0.1, 0.15) is 70.4 Å². The van der Waals surface area contributed by atoms with Crippen molar-refractivity contribution in [2.75, 3.05) is 0 Å². The van der Waals surface area contributed by atoms with Crippen molar-refractivity contribution in [3.8, 4) is 0 Å². The minimum absolute atomic E-state index is 0.0742. The van der Waals surface area contributed by atoms with Crippen LogP contribution in [0.25, 0.3) is 0 Å². The lowest BCUT2D eigenvalue weighted by Gasteiger charge is -2.23. The summed E-state index contributed by atoms with van der Waals surface area (Å²) in [5.41, 5.74) is 0.834. The Bertz CT molecular complexity index is 520. The predicted molar refractivity (Wildman–Crippen MR) is 96.4 cm³/mol. The van der Waals surface area contributed by atoms with Crippen molar-refractivity contribution >= 4 is 11.8 Å². The lowest BCUT2D eigenvalue weighted by molar-refractivity contribution is -0.130. The standard InChI is InChI=1S/C20H30N2O2/c1-15(2)14-18(23)22-19(16-10-6-5-7-11-16)20(24)21-17-12-8-3-4-9-13-17/h5-7,10-11,15,17,19H,3-4,8-9,12-14H2,1-2H3,(H,21,24)(H,22,23). The van der Waals surface area contributed by atoms with Crippen LogP contribution in [0.3, 0.4) is 0 Å². The number of rotatable bonds is 6. The molecule has 1 aliphatic rings. The smallest absolute Gasteiger partial charge is 0.247 e. The van der Waals surface area contributed by atoms with Gasteiger partial charge >= 0.3 is 0 Å². The molecule has 1 aromatic rings. The Morgan fingerprint density at radius 2 is 1.67 bits per heavy atom. The van der Waals surface area contributed by atoms with Gasteiger partial charge in [0.25, 0.3) is 0 Å². The molecule has 0 heterocycles. The van der Waals surface area contributed by atoms with Gasteiger partial charge in [-0.1, -0.05) is 69.9 Å². The van der Waals surface area contributed by atoms with E-state index in [9.17, 15) is 9.59 Å². The van der Waals surface area contributed by atoms with Gasteiger partial charge in [0.1, 0.15) is 6.04 Å². The molecule has 1 aromatic carbocycles. The normalized spacial score (nSPS) is 17.1. The Labute approximate surface area is 145 Å². The molecule has 0 saturated heterocycles. The van der Waals surface area contributed by atoms with E-state index < -0.39 is 6.04 Å². The first-order chi connectivity index (χ1) is 11.6. The SMILES string of the molecule is CC(C)CC(=O)NC(C(=O)NC1CCCCCC1)c1ccccc1. The average molecular weight is 330 g/mol. The Hall–Kier alpha value is -1.84. The minimum atomic E-state index is -0.610. The quantitative estimate of drug-likeness (QED) is 0.781. The summed E-state index contributed by atoms with van der Waals surface area (Å²) >= 11 is 0. The molecule has 1 fully saturated rings. The number of amides is 2. The van der Waals surface area contributed by atoms with Crippen molar-refractivity contribution in [2.45, 2.75) is 70.9 Å². The topological polar surface area (TPSA) is 58.2 Å². The predicted octanol–water partition coefficient (Wildman–Crippen LogP) is 3.73. The zero-order valence-electron chi connectivity index (χ0n) is 14.9. The maximum Gasteiger partial charge on any atom is 0.247 e. The summed E-state index contributed by atoms with van der Waals surface area (Å²) < 4.78 is 0. The Morgan fingerprint density at radius 3 is 2.25 bits per heavy atom. The van der Waals surface area contributed by atoms with E-state index in [1.807, 2.05) is 44.2 Å². The maximum atomic E-state index is 12.8. The lowest BCUT2D eigenvalue weighted by Crippen LogP contribution is -2.44. The summed E-state index contributed by atoms with van der Waals surface area (Å²) in [5.74, 6) is 0.103. The molecule has 132 valence electrons. The second-order valence-corrected chi connectivity index (χ2v) is 7.21. The molecule has 2 amide bonds. The summed E-state index contributed by atoms with van der Waals surface area (Å²) in [6, 6.07) is 9.12. The van der Waals surface area contributed by atoms with Crippen LogP contribution in [0.5, 0.6) is 0 Å². The van der Waals surface area contributed by atoms with E-state index in [4.69, 9.17) is 0 Å². The molecule has 24 heavy (non-hydrogen) atoms. The summed E-state index contributed by atoms with van der Waals surface area (Å²) in [7, 11) is 0. The molecular formula is C20H30N2O2. The van der Waals surface area contributed by atoms with Crippen LogP contribution < -0.4 is 10.6 Å². The number of benzene rings is 1. The highest BCUT2D eigenvalue weighted by molar-refractivity contribution is 5.88. The van der Waals surface area contributed by atoms with Crippen molar-refractivity contribution in [1.29, 1.82) is 0 Å². The van der Waals surface area contributed by atoms with E-state index in [-0.39, 0.29) is 23.8 Å². The second kappa shape index (κ2) is 9.45. The van der Waals surface area contributed by atoms with E-state index >= 15 is 0 Å². The molecule has 0 aromatic heterocycles. The van der Waals surface area contributed by atoms with Gasteiger partial charge in [-0.3, -0.25) is 9.59 Å². The van der Waals surface area contributed by atoms with Gasteiger partial charge in [-0.25, -0.2) is 0 Å². The maximum absolute atomic E-state index is 12.8. The highest BCUT2D eigenvalue weighted by atomic mass is 16.2. The fourth-order valence-corrected chi connectivity index (χ4v) is 3.24. The summed E-state index contributed by atoms with van der Waals surface area (Å²) in [6.45, 7) is 4.01. The molecular weight excluding hydrogens is 300 g/mol. The molecule has 0 spiro atoms. The van der Waals surface area contributed by atoms with Gasteiger partial charge < -0.3 is 10.6 Å². The summed E-state index contributed by atoms with van der Waals surface area (Å²) in [4.78, 5) is 25.0. The Kier molecular flexibility index (Phi) is 7.29. The van der Waals surface area contributed by atoms with E-state index in [1.165, 1.54) is 25.7 Å². The van der Waals surface area contributed by atoms with Crippen molar-refractivity contribution in [3.05, 3.63) is 35.9 Å². The fourth-order valence-electron chi connectivity index (χ4n) is 3.24. The van der Waals surface area contributed by atoms with Gasteiger partial charge in [-0.15, -0.1) is 0 Å². The third-order valence-corrected chi connectivity index (χ3v) is 4.50. The van der Waals surface area contributed by atoms with E-state index in [0.717, 1.165) is 18.4 Å². The van der Waals surface area contributed by atoms with Gasteiger partial charge in [0.05, 0.1) is 0 Å². The molecule has 0 bridgehead atoms. The second-order valence-electron chi connectivity index (χ2n) is 7.21. The van der Waals surface area contributed by atoms with Gasteiger partial charge in [0, 0.05) is 12.5 Å². The first kappa shape index (κ1) is 18.5. The molecule has 4 nitrogen and oxygen atoms in total. The summed E-state index contributed by atoms with van der Waals surface area (Å²) in [5, 5.41) is 6.08. The average Bonchev–Trinajstić information content (AvgIpc) is 2.81. The zero-order valence-corrected chi connectivity index (χ0v) is 14.9. The number of carbonyl (C=O) groups excluding carboxylic acids is 2. The minimum Gasteiger partial charge on any atom is -0.351 e. The van der Waals surface area contributed by atoms with Crippen LogP contribution in [-0.2, 0) is 9.59 Å². The molecule has 1 saturated carbocycles. The van der Waals surface area contributed by atoms with Crippen molar-refractivity contribution in [3.63, 3.8) is 0 Å². The fraction of sp³-hybridized carbons (Fsp3) is 0.600. The first-order valence-electron chi connectivity index (χ1n) is 9.21. The molecule has 2 N–H and O–H groups in total. The number of carbonyl (C=O) groups is 2. The van der Waals surface area contributed by atoms with Crippen LogP contribution in [0, 0.1) is 5.92 Å². The highest BCUT2D eigenvalue weighted by Gasteiger charge is 2.25. The molecule has 2 rings (SSSR count). The van der Waals surface area contributed by atoms with Crippen molar-refractivity contribution in [1.82, 2.24) is 10.6 Å². The third-order valence-electron chi connectivity index (χ3n) is 4.50. The number of hydrogen-bond acceptors (Lipinski definition) is 2. The van der Waals surface area contributed by atoms with Crippen molar-refractivity contribution in [2.24, 2.45) is 5.92 Å². The highest BCUT2D eigenvalue weighted by Crippen LogP contribution is 2.19. The van der Waals surface area contributed by atoms with E-state index in [2.05, 4.69) is 10.6 Å². The number of nitrogens with one attached hydrogen (secondary N) is 2. The lowest BCUT2D eigenvalue weighted by atomic mass is 10.0. The van der Waals surface area contributed by atoms with Crippen LogP contribution in [-0.4, -0.2) is 17.9 Å². The largest absolute Gasteiger partial charge is 0.351 e. The van der Waals surface area contributed by atoms with E-state index in [0.29, 0.717) is 6.42 Å².